The zero-order valence-electron chi connectivity index (χ0n) is 15.0. The highest BCUT2D eigenvalue weighted by atomic mass is 16.5. The van der Waals surface area contributed by atoms with Crippen molar-refractivity contribution in [1.82, 2.24) is 5.12 Å². The van der Waals surface area contributed by atoms with E-state index >= 15 is 0 Å². The van der Waals surface area contributed by atoms with Crippen LogP contribution >= 0.6 is 0 Å². The SMILES string of the molecule is CCOC(=O)C1C(c2cccc(C)c2)C(C(=O)c2ccccc2)=NN1N=O. The van der Waals surface area contributed by atoms with Crippen molar-refractivity contribution in [2.75, 3.05) is 6.61 Å². The lowest BCUT2D eigenvalue weighted by Gasteiger charge is -2.21. The summed E-state index contributed by atoms with van der Waals surface area (Å²) >= 11 is 0. The quantitative estimate of drug-likeness (QED) is 0.445. The van der Waals surface area contributed by atoms with Gasteiger partial charge < -0.3 is 4.74 Å². The molecule has 0 N–H and O–H groups in total. The number of ether oxygens (including phenoxy) is 1. The first kappa shape index (κ1) is 18.4. The van der Waals surface area contributed by atoms with Crippen molar-refractivity contribution in [3.05, 3.63) is 76.2 Å². The molecule has 7 nitrogen and oxygen atoms in total. The molecule has 0 aliphatic carbocycles. The average molecular weight is 365 g/mol. The molecule has 0 spiro atoms. The lowest BCUT2D eigenvalue weighted by Crippen LogP contribution is -2.39. The molecule has 0 radical (unpaired) electrons. The van der Waals surface area contributed by atoms with Crippen LogP contribution in [0.25, 0.3) is 0 Å². The second-order valence-corrected chi connectivity index (χ2v) is 6.17. The summed E-state index contributed by atoms with van der Waals surface area (Å²) in [4.78, 5) is 36.9. The van der Waals surface area contributed by atoms with Crippen LogP contribution in [0.15, 0.2) is 65.0 Å². The van der Waals surface area contributed by atoms with E-state index in [9.17, 15) is 14.5 Å². The van der Waals surface area contributed by atoms with Crippen molar-refractivity contribution >= 4 is 17.5 Å². The smallest absolute Gasteiger partial charge is 0.334 e. The Bertz CT molecular complexity index is 895. The monoisotopic (exact) mass is 365 g/mol. The van der Waals surface area contributed by atoms with Crippen molar-refractivity contribution in [1.29, 1.82) is 0 Å². The second-order valence-electron chi connectivity index (χ2n) is 6.17. The molecule has 0 saturated carbocycles. The van der Waals surface area contributed by atoms with Gasteiger partial charge in [0.05, 0.1) is 17.8 Å². The first-order chi connectivity index (χ1) is 13.1. The third kappa shape index (κ3) is 3.62. The molecule has 0 saturated heterocycles. The topological polar surface area (TPSA) is 88.4 Å². The van der Waals surface area contributed by atoms with E-state index in [0.29, 0.717) is 11.1 Å². The van der Waals surface area contributed by atoms with E-state index in [0.717, 1.165) is 10.7 Å². The fourth-order valence-corrected chi connectivity index (χ4v) is 3.17. The summed E-state index contributed by atoms with van der Waals surface area (Å²) in [5, 5.41) is 7.65. The Kier molecular flexibility index (Phi) is 5.40. The Morgan fingerprint density at radius 2 is 1.89 bits per heavy atom. The zero-order valence-corrected chi connectivity index (χ0v) is 15.0. The van der Waals surface area contributed by atoms with Crippen molar-refractivity contribution in [3.63, 3.8) is 0 Å². The third-order valence-electron chi connectivity index (χ3n) is 4.35. The molecule has 2 unspecified atom stereocenters. The largest absolute Gasteiger partial charge is 0.464 e. The van der Waals surface area contributed by atoms with Gasteiger partial charge >= 0.3 is 5.97 Å². The standard InChI is InChI=1S/C20H19N3O4/c1-3-27-20(25)18-16(15-11-7-8-13(2)12-15)17(21-23(18)22-26)19(24)14-9-5-4-6-10-14/h4-12,16,18H,3H2,1-2H3. The van der Waals surface area contributed by atoms with Crippen LogP contribution < -0.4 is 0 Å². The fraction of sp³-hybridized carbons (Fsp3) is 0.250. The van der Waals surface area contributed by atoms with Crippen LogP contribution in [-0.4, -0.2) is 35.2 Å². The van der Waals surface area contributed by atoms with Gasteiger partial charge in [-0.15, -0.1) is 10.0 Å². The molecular formula is C20H19N3O4. The molecule has 2 aromatic rings. The van der Waals surface area contributed by atoms with E-state index in [1.165, 1.54) is 0 Å². The number of ketones is 1. The number of hydrazone groups is 1. The summed E-state index contributed by atoms with van der Waals surface area (Å²) in [5.41, 5.74) is 2.16. The van der Waals surface area contributed by atoms with Crippen molar-refractivity contribution < 1.29 is 14.3 Å². The number of rotatable bonds is 6. The Balaban J connectivity index is 2.10. The first-order valence-corrected chi connectivity index (χ1v) is 8.60. The number of Topliss-reactive ketones (excluding diaryl/α,β-unsaturated/α-hetero) is 1. The van der Waals surface area contributed by atoms with Gasteiger partial charge in [-0.25, -0.2) is 4.79 Å². The maximum atomic E-state index is 13.0. The molecule has 2 atom stereocenters. The molecule has 1 aliphatic rings. The molecule has 0 aromatic heterocycles. The fourth-order valence-electron chi connectivity index (χ4n) is 3.17. The Labute approximate surface area is 156 Å². The average Bonchev–Trinajstić information content (AvgIpc) is 3.08. The summed E-state index contributed by atoms with van der Waals surface area (Å²) in [6.07, 6.45) is 0. The number of benzene rings is 2. The van der Waals surface area contributed by atoms with Gasteiger partial charge in [-0.1, -0.05) is 60.2 Å². The van der Waals surface area contributed by atoms with Crippen LogP contribution in [0.1, 0.15) is 34.3 Å². The minimum Gasteiger partial charge on any atom is -0.464 e. The molecule has 0 amide bonds. The van der Waals surface area contributed by atoms with Crippen LogP contribution in [0.5, 0.6) is 0 Å². The van der Waals surface area contributed by atoms with Gasteiger partial charge in [0.15, 0.2) is 6.04 Å². The lowest BCUT2D eigenvalue weighted by molar-refractivity contribution is -0.149. The normalized spacial score (nSPS) is 18.7. The van der Waals surface area contributed by atoms with Gasteiger partial charge in [0, 0.05) is 5.56 Å². The van der Waals surface area contributed by atoms with Crippen LogP contribution in [0, 0.1) is 11.8 Å². The van der Waals surface area contributed by atoms with E-state index in [1.54, 1.807) is 43.3 Å². The van der Waals surface area contributed by atoms with Crippen molar-refractivity contribution in [2.24, 2.45) is 10.4 Å². The highest BCUT2D eigenvalue weighted by Gasteiger charge is 2.47. The van der Waals surface area contributed by atoms with Gasteiger partial charge in [-0.3, -0.25) is 4.79 Å². The second kappa shape index (κ2) is 7.90. The lowest BCUT2D eigenvalue weighted by atomic mass is 9.84. The van der Waals surface area contributed by atoms with E-state index in [2.05, 4.69) is 10.4 Å². The number of esters is 1. The zero-order chi connectivity index (χ0) is 19.4. The van der Waals surface area contributed by atoms with Gasteiger partial charge in [-0.05, 0) is 19.4 Å². The van der Waals surface area contributed by atoms with Gasteiger partial charge in [0.1, 0.15) is 5.71 Å². The molecule has 1 aliphatic heterocycles. The van der Waals surface area contributed by atoms with E-state index < -0.39 is 17.9 Å². The summed E-state index contributed by atoms with van der Waals surface area (Å²) in [6.45, 7) is 3.72. The number of nitroso groups, excluding NO2 is 1. The number of nitrogens with zero attached hydrogens (tertiary/aromatic N) is 3. The van der Waals surface area contributed by atoms with E-state index in [4.69, 9.17) is 4.74 Å². The molecule has 138 valence electrons. The minimum atomic E-state index is -1.12. The molecule has 27 heavy (non-hydrogen) atoms. The molecule has 3 rings (SSSR count). The highest BCUT2D eigenvalue weighted by Crippen LogP contribution is 2.34. The molecule has 2 aromatic carbocycles. The Hall–Kier alpha value is -3.35. The molecular weight excluding hydrogens is 346 g/mol. The van der Waals surface area contributed by atoms with Crippen LogP contribution in [0.4, 0.5) is 0 Å². The van der Waals surface area contributed by atoms with E-state index in [1.807, 2.05) is 25.1 Å². The van der Waals surface area contributed by atoms with Gasteiger partial charge in [-0.2, -0.15) is 5.10 Å². The highest BCUT2D eigenvalue weighted by molar-refractivity contribution is 6.48. The molecule has 0 fully saturated rings. The number of aryl methyl sites for hydroxylation is 1. The summed E-state index contributed by atoms with van der Waals surface area (Å²) in [5.74, 6) is -1.76. The Morgan fingerprint density at radius 1 is 1.15 bits per heavy atom. The summed E-state index contributed by atoms with van der Waals surface area (Å²) in [6, 6.07) is 14.9. The van der Waals surface area contributed by atoms with Crippen LogP contribution in [0.3, 0.4) is 0 Å². The number of hydrogen-bond donors (Lipinski definition) is 0. The van der Waals surface area contributed by atoms with Gasteiger partial charge in [0.2, 0.25) is 5.78 Å². The molecule has 0 bridgehead atoms. The molecule has 1 heterocycles. The minimum absolute atomic E-state index is 0.0875. The molecule has 7 heteroatoms. The number of carbonyl (C=O) groups is 2. The van der Waals surface area contributed by atoms with Crippen LogP contribution in [-0.2, 0) is 9.53 Å². The van der Waals surface area contributed by atoms with Crippen molar-refractivity contribution in [3.8, 4) is 0 Å². The predicted molar refractivity (Wildman–Crippen MR) is 100 cm³/mol. The number of carbonyl (C=O) groups excluding carboxylic acids is 2. The number of hydrogen-bond acceptors (Lipinski definition) is 6. The van der Waals surface area contributed by atoms with E-state index in [-0.39, 0.29) is 18.1 Å². The maximum Gasteiger partial charge on any atom is 0.334 e. The Morgan fingerprint density at radius 3 is 2.52 bits per heavy atom. The summed E-state index contributed by atoms with van der Waals surface area (Å²) < 4.78 is 5.11. The van der Waals surface area contributed by atoms with Crippen LogP contribution in [0.2, 0.25) is 0 Å². The first-order valence-electron chi connectivity index (χ1n) is 8.60. The maximum absolute atomic E-state index is 13.0. The van der Waals surface area contributed by atoms with Crippen molar-refractivity contribution in [2.45, 2.75) is 25.8 Å². The third-order valence-corrected chi connectivity index (χ3v) is 4.35. The predicted octanol–water partition coefficient (Wildman–Crippen LogP) is 3.25. The summed E-state index contributed by atoms with van der Waals surface area (Å²) in [7, 11) is 0. The van der Waals surface area contributed by atoms with Gasteiger partial charge in [0.25, 0.3) is 0 Å².